The van der Waals surface area contributed by atoms with Crippen molar-refractivity contribution < 1.29 is 47.8 Å². The van der Waals surface area contributed by atoms with Crippen molar-refractivity contribution in [3.05, 3.63) is 12.2 Å². The maximum Gasteiger partial charge on any atom is 0.472 e. The van der Waals surface area contributed by atoms with Gasteiger partial charge in [0, 0.05) is 12.8 Å². The van der Waals surface area contributed by atoms with Crippen molar-refractivity contribution in [2.75, 3.05) is 26.4 Å². The third kappa shape index (κ3) is 29.4. The van der Waals surface area contributed by atoms with Gasteiger partial charge in [0.1, 0.15) is 12.7 Å². The third-order valence-electron chi connectivity index (χ3n) is 7.17. The summed E-state index contributed by atoms with van der Waals surface area (Å²) in [4.78, 5) is 34.6. The molecule has 0 aliphatic heterocycles. The molecule has 0 amide bonds. The summed E-state index contributed by atoms with van der Waals surface area (Å²) in [6.45, 7) is 2.29. The molecule has 0 radical (unpaired) electrons. The van der Waals surface area contributed by atoms with Crippen molar-refractivity contribution in [2.24, 2.45) is 0 Å². The zero-order chi connectivity index (χ0) is 32.7. The maximum absolute atomic E-state index is 12.5. The van der Waals surface area contributed by atoms with Crippen LogP contribution in [0.25, 0.3) is 0 Å². The maximum atomic E-state index is 12.5. The van der Waals surface area contributed by atoms with Crippen molar-refractivity contribution in [3.8, 4) is 0 Å². The molecule has 0 saturated carbocycles. The van der Waals surface area contributed by atoms with Crippen LogP contribution in [0.5, 0.6) is 0 Å². The average Bonchev–Trinajstić information content (AvgIpc) is 3.00. The van der Waals surface area contributed by atoms with Crippen molar-refractivity contribution >= 4 is 19.8 Å². The van der Waals surface area contributed by atoms with Crippen LogP contribution >= 0.6 is 7.82 Å². The number of unbranched alkanes of at least 4 members (excludes halogenated alkanes) is 16. The van der Waals surface area contributed by atoms with E-state index >= 15 is 0 Å². The van der Waals surface area contributed by atoms with Gasteiger partial charge in [-0.25, -0.2) is 4.57 Å². The molecule has 0 aliphatic carbocycles. The van der Waals surface area contributed by atoms with Gasteiger partial charge in [0.25, 0.3) is 0 Å². The second-order valence-electron chi connectivity index (χ2n) is 11.5. The molecule has 0 aromatic carbocycles. The summed E-state index contributed by atoms with van der Waals surface area (Å²) in [5.74, 6) is -0.937. The van der Waals surface area contributed by atoms with Crippen molar-refractivity contribution in [1.29, 1.82) is 0 Å². The molecule has 0 aliphatic rings. The largest absolute Gasteiger partial charge is 0.472 e. The summed E-state index contributed by atoms with van der Waals surface area (Å²) in [6, 6.07) is 0. The van der Waals surface area contributed by atoms with Gasteiger partial charge in [-0.05, 0) is 32.1 Å². The van der Waals surface area contributed by atoms with Crippen LogP contribution in [-0.2, 0) is 32.7 Å². The van der Waals surface area contributed by atoms with Crippen LogP contribution in [0.1, 0.15) is 149 Å². The van der Waals surface area contributed by atoms with Gasteiger partial charge in [0.2, 0.25) is 0 Å². The van der Waals surface area contributed by atoms with Gasteiger partial charge < -0.3 is 24.6 Å². The molecule has 0 saturated heterocycles. The van der Waals surface area contributed by atoms with Gasteiger partial charge in [0.05, 0.1) is 19.8 Å². The number of ether oxygens (including phenoxy) is 2. The summed E-state index contributed by atoms with van der Waals surface area (Å²) in [7, 11) is -4.60. The number of allylic oxidation sites excluding steroid dienone is 2. The van der Waals surface area contributed by atoms with Crippen molar-refractivity contribution in [3.63, 3.8) is 0 Å². The minimum Gasteiger partial charge on any atom is -0.462 e. The first-order chi connectivity index (χ1) is 21.2. The first kappa shape index (κ1) is 42.7. The Morgan fingerprint density at radius 1 is 0.659 bits per heavy atom. The number of hydrogen-bond donors (Lipinski definition) is 3. The fourth-order valence-corrected chi connectivity index (χ4v) is 5.23. The van der Waals surface area contributed by atoms with Crippen LogP contribution in [-0.4, -0.2) is 65.7 Å². The second kappa shape index (κ2) is 30.4. The Balaban J connectivity index is 4.44. The molecule has 0 spiro atoms. The highest BCUT2D eigenvalue weighted by molar-refractivity contribution is 7.47. The number of rotatable bonds is 32. The molecule has 10 nitrogen and oxygen atoms in total. The third-order valence-corrected chi connectivity index (χ3v) is 8.12. The van der Waals surface area contributed by atoms with E-state index in [0.717, 1.165) is 57.8 Å². The number of esters is 2. The highest BCUT2D eigenvalue weighted by Crippen LogP contribution is 2.43. The van der Waals surface area contributed by atoms with Crippen LogP contribution < -0.4 is 0 Å². The van der Waals surface area contributed by atoms with Gasteiger partial charge in [-0.2, -0.15) is 0 Å². The number of carbonyl (C=O) groups is 2. The lowest BCUT2D eigenvalue weighted by Gasteiger charge is -2.20. The minimum absolute atomic E-state index is 0.177. The lowest BCUT2D eigenvalue weighted by atomic mass is 10.1. The summed E-state index contributed by atoms with van der Waals surface area (Å²) in [5, 5.41) is 18.2. The Labute approximate surface area is 266 Å². The highest BCUT2D eigenvalue weighted by atomic mass is 31.2. The normalized spacial score (nSPS) is 14.4. The molecule has 0 fully saturated rings. The fourth-order valence-electron chi connectivity index (χ4n) is 4.44. The lowest BCUT2D eigenvalue weighted by Crippen LogP contribution is -2.29. The Morgan fingerprint density at radius 3 is 1.70 bits per heavy atom. The van der Waals surface area contributed by atoms with E-state index in [1.807, 2.05) is 0 Å². The molecule has 3 atom stereocenters. The Hall–Kier alpha value is -1.29. The first-order valence-electron chi connectivity index (χ1n) is 17.1. The van der Waals surface area contributed by atoms with Crippen LogP contribution in [0, 0.1) is 0 Å². The predicted molar refractivity (Wildman–Crippen MR) is 173 cm³/mol. The van der Waals surface area contributed by atoms with E-state index < -0.39 is 51.8 Å². The average molecular weight is 651 g/mol. The van der Waals surface area contributed by atoms with Gasteiger partial charge in [-0.3, -0.25) is 18.6 Å². The molecule has 11 heteroatoms. The Morgan fingerprint density at radius 2 is 1.14 bits per heavy atom. The second-order valence-corrected chi connectivity index (χ2v) is 13.0. The molecule has 0 aromatic heterocycles. The highest BCUT2D eigenvalue weighted by Gasteiger charge is 2.27. The van der Waals surface area contributed by atoms with E-state index in [0.29, 0.717) is 12.8 Å². The molecule has 44 heavy (non-hydrogen) atoms. The van der Waals surface area contributed by atoms with Crippen LogP contribution in [0.2, 0.25) is 0 Å². The van der Waals surface area contributed by atoms with E-state index in [1.165, 1.54) is 51.4 Å². The summed E-state index contributed by atoms with van der Waals surface area (Å²) >= 11 is 0. The standard InChI is InChI=1S/C33H63O10P/c1-3-5-7-9-11-13-15-17-19-21-23-25-33(37)43-31(29-42-44(38,39)41-27-30(35)26-34)28-40-32(36)24-22-20-18-16-14-12-10-8-6-4-2/h9,11,30-31,34-35H,3-8,10,12-29H2,1-2H3,(H,38,39)/b11-9+/t30-,31+/m0/s1. The lowest BCUT2D eigenvalue weighted by molar-refractivity contribution is -0.161. The number of phosphoric ester groups is 1. The van der Waals surface area contributed by atoms with Crippen molar-refractivity contribution in [2.45, 2.75) is 161 Å². The monoisotopic (exact) mass is 650 g/mol. The SMILES string of the molecule is CCCC/C=C/CCCCCCCC(=O)O[C@H](COC(=O)CCCCCCCCCCCC)COP(=O)(O)OC[C@@H](O)CO. The molecule has 0 aromatic rings. The molecular weight excluding hydrogens is 587 g/mol. The number of hydrogen-bond acceptors (Lipinski definition) is 9. The van der Waals surface area contributed by atoms with Gasteiger partial charge in [-0.1, -0.05) is 116 Å². The molecule has 0 bridgehead atoms. The summed E-state index contributed by atoms with van der Waals surface area (Å²) in [6.07, 6.45) is 23.4. The zero-order valence-electron chi connectivity index (χ0n) is 27.6. The van der Waals surface area contributed by atoms with E-state index in [9.17, 15) is 24.2 Å². The molecule has 3 N–H and O–H groups in total. The van der Waals surface area contributed by atoms with E-state index in [4.69, 9.17) is 19.1 Å². The number of aliphatic hydroxyl groups excluding tert-OH is 2. The Bertz CT molecular complexity index is 761. The fraction of sp³-hybridized carbons (Fsp3) is 0.879. The van der Waals surface area contributed by atoms with Gasteiger partial charge in [0.15, 0.2) is 6.10 Å². The topological polar surface area (TPSA) is 149 Å². The predicted octanol–water partition coefficient (Wildman–Crippen LogP) is 7.72. The molecule has 0 heterocycles. The smallest absolute Gasteiger partial charge is 0.462 e. The van der Waals surface area contributed by atoms with Crippen LogP contribution in [0.15, 0.2) is 12.2 Å². The van der Waals surface area contributed by atoms with E-state index in [2.05, 4.69) is 30.5 Å². The van der Waals surface area contributed by atoms with Gasteiger partial charge in [-0.15, -0.1) is 0 Å². The minimum atomic E-state index is -4.60. The van der Waals surface area contributed by atoms with E-state index in [1.54, 1.807) is 0 Å². The van der Waals surface area contributed by atoms with Crippen LogP contribution in [0.4, 0.5) is 0 Å². The molecule has 0 rings (SSSR count). The molecule has 260 valence electrons. The van der Waals surface area contributed by atoms with Crippen LogP contribution in [0.3, 0.4) is 0 Å². The summed E-state index contributed by atoms with van der Waals surface area (Å²) in [5.41, 5.74) is 0. The van der Waals surface area contributed by atoms with E-state index in [-0.39, 0.29) is 19.4 Å². The summed E-state index contributed by atoms with van der Waals surface area (Å²) < 4.78 is 32.4. The molecular formula is C33H63O10P. The van der Waals surface area contributed by atoms with Gasteiger partial charge >= 0.3 is 19.8 Å². The quantitative estimate of drug-likeness (QED) is 0.0286. The Kier molecular flexibility index (Phi) is 29.5. The molecule has 1 unspecified atom stereocenters. The number of aliphatic hydroxyl groups is 2. The number of phosphoric acid groups is 1. The van der Waals surface area contributed by atoms with Crippen molar-refractivity contribution in [1.82, 2.24) is 0 Å². The number of carbonyl (C=O) groups excluding carboxylic acids is 2. The zero-order valence-corrected chi connectivity index (χ0v) is 28.5. The first-order valence-corrected chi connectivity index (χ1v) is 18.6.